The average molecular weight is 1320 g/mol. The van der Waals surface area contributed by atoms with Crippen LogP contribution in [-0.4, -0.2) is 132 Å². The summed E-state index contributed by atoms with van der Waals surface area (Å²) in [5, 5.41) is 35.8. The normalized spacial score (nSPS) is 17.7. The molecule has 0 saturated carbocycles. The number of thiazole rings is 6. The second-order valence-electron chi connectivity index (χ2n) is 20.7. The second-order valence-corrected chi connectivity index (χ2v) is 26.7. The molecule has 89 heavy (non-hydrogen) atoms. The number of primary amides is 1. The molecule has 1 fully saturated rings. The molecule has 0 unspecified atom stereocenters. The molecule has 26 nitrogen and oxygen atoms in total. The van der Waals surface area contributed by atoms with Gasteiger partial charge in [0.15, 0.2) is 0 Å². The summed E-state index contributed by atoms with van der Waals surface area (Å²) in [6.45, 7) is 5.29. The minimum atomic E-state index is -1.29. The molecule has 5 atom stereocenters. The van der Waals surface area contributed by atoms with E-state index in [0.717, 1.165) is 34.0 Å². The standard InChI is InChI=1S/C57H59N15O11S6/c1-26(2)41-56-71-44(36(89-56)22-82-5)49(79)60-21-39(74)68-45(46(76)28-11-7-6-8-12-28)55-65-33(24-85-55)52-61-20-35(88-52)43-29(51-64-32(23-84-51)48(78)63-31(19-38(73)59-4)54-70-42(27(3)87-54)50(80)69-41)15-16-30(62-43)53-66-37(25-86-53)67-57(81)83-18-10-14-40(75)72-17-9-13-34(72)47(58)77/h6-8,11-12,15-16,20,23-26,31,34,41,45-46,76H,9-10,13-14,17-19,21-22H2,1-5H3,(H2,58,77)(H,59,73)(H,60,79)(H,63,78)(H,67,81)(H,68,74)(H,69,80)/t31-,34-,41-,45-,46-/m0/s1. The number of amides is 8. The molecule has 8 aromatic rings. The van der Waals surface area contributed by atoms with Crippen LogP contribution < -0.4 is 37.6 Å². The molecule has 9 N–H and O–H groups in total. The van der Waals surface area contributed by atoms with Crippen molar-refractivity contribution in [1.29, 1.82) is 0 Å². The van der Waals surface area contributed by atoms with Crippen LogP contribution in [0.2, 0.25) is 0 Å². The van der Waals surface area contributed by atoms with Crippen molar-refractivity contribution in [2.75, 3.05) is 39.2 Å². The number of carbonyl (C=O) groups excluding carboxylic acids is 8. The number of anilines is 1. The number of nitrogens with one attached hydrogen (secondary N) is 6. The molecule has 10 rings (SSSR count). The monoisotopic (exact) mass is 1320 g/mol. The summed E-state index contributed by atoms with van der Waals surface area (Å²) >= 11 is 7.06. The van der Waals surface area contributed by atoms with Gasteiger partial charge in [-0.15, -0.1) is 68.0 Å². The van der Waals surface area contributed by atoms with Crippen molar-refractivity contribution < 1.29 is 52.9 Å². The van der Waals surface area contributed by atoms with Crippen LogP contribution in [0.3, 0.4) is 0 Å². The number of pyridine rings is 1. The van der Waals surface area contributed by atoms with Crippen LogP contribution in [-0.2, 0) is 35.3 Å². The maximum absolute atomic E-state index is 14.3. The Hall–Kier alpha value is -8.37. The molecule has 0 radical (unpaired) electrons. The molecule has 9 heterocycles. The molecular formula is C57H59N15O11S6. The zero-order chi connectivity index (χ0) is 63.0. The predicted molar refractivity (Wildman–Crippen MR) is 335 cm³/mol. The molecule has 32 heteroatoms. The molecule has 0 aliphatic carbocycles. The molecule has 2 aliphatic rings. The predicted octanol–water partition coefficient (Wildman–Crippen LogP) is 7.12. The second kappa shape index (κ2) is 28.4. The van der Waals surface area contributed by atoms with Crippen LogP contribution in [0.5, 0.6) is 0 Å². The van der Waals surface area contributed by atoms with Gasteiger partial charge in [-0.05, 0) is 49.8 Å². The Morgan fingerprint density at radius 3 is 2.33 bits per heavy atom. The Bertz CT molecular complexity index is 3950. The van der Waals surface area contributed by atoms with Gasteiger partial charge in [-0.25, -0.2) is 39.7 Å². The lowest BCUT2D eigenvalue weighted by molar-refractivity contribution is -0.137. The van der Waals surface area contributed by atoms with E-state index >= 15 is 0 Å². The summed E-state index contributed by atoms with van der Waals surface area (Å²) in [4.78, 5) is 144. The van der Waals surface area contributed by atoms with Crippen molar-refractivity contribution in [3.8, 4) is 42.5 Å². The Morgan fingerprint density at radius 1 is 0.787 bits per heavy atom. The highest BCUT2D eigenvalue weighted by atomic mass is 32.1. The van der Waals surface area contributed by atoms with Crippen molar-refractivity contribution in [3.05, 3.63) is 112 Å². The third-order valence-corrected chi connectivity index (χ3v) is 20.0. The number of hydrogen-bond donors (Lipinski definition) is 8. The summed E-state index contributed by atoms with van der Waals surface area (Å²) in [5.74, 6) is -3.81. The van der Waals surface area contributed by atoms with E-state index in [1.165, 1.54) is 53.1 Å². The topological polar surface area (TPSA) is 367 Å². The van der Waals surface area contributed by atoms with Crippen molar-refractivity contribution >= 4 is 121 Å². The van der Waals surface area contributed by atoms with E-state index in [-0.39, 0.29) is 72.2 Å². The number of benzene rings is 1. The van der Waals surface area contributed by atoms with Gasteiger partial charge in [0.1, 0.15) is 76.8 Å². The molecule has 7 aromatic heterocycles. The van der Waals surface area contributed by atoms with E-state index in [2.05, 4.69) is 41.9 Å². The average Bonchev–Trinajstić information content (AvgIpc) is 1.79. The fourth-order valence-electron chi connectivity index (χ4n) is 9.67. The van der Waals surface area contributed by atoms with E-state index in [1.54, 1.807) is 71.7 Å². The molecule has 464 valence electrons. The first-order valence-corrected chi connectivity index (χ1v) is 32.9. The van der Waals surface area contributed by atoms with Gasteiger partial charge in [-0.1, -0.05) is 44.2 Å². The first kappa shape index (κ1) is 63.6. The van der Waals surface area contributed by atoms with E-state index in [0.29, 0.717) is 87.3 Å². The van der Waals surface area contributed by atoms with Crippen LogP contribution in [0, 0.1) is 12.8 Å². The number of nitrogens with zero attached hydrogens (tertiary/aromatic N) is 8. The Kier molecular flexibility index (Phi) is 20.3. The number of aliphatic hydroxyl groups excluding tert-OH is 1. The zero-order valence-corrected chi connectivity index (χ0v) is 53.2. The fourth-order valence-corrected chi connectivity index (χ4v) is 15.3. The molecule has 2 aliphatic heterocycles. The highest BCUT2D eigenvalue weighted by Gasteiger charge is 2.35. The molecule has 0 spiro atoms. The lowest BCUT2D eigenvalue weighted by Gasteiger charge is -2.23. The van der Waals surface area contributed by atoms with E-state index in [9.17, 15) is 43.5 Å². The largest absolute Gasteiger partial charge is 0.449 e. The Balaban J connectivity index is 0.981. The maximum Gasteiger partial charge on any atom is 0.412 e. The van der Waals surface area contributed by atoms with Crippen LogP contribution in [0.25, 0.3) is 42.5 Å². The van der Waals surface area contributed by atoms with Crippen LogP contribution >= 0.6 is 68.0 Å². The Morgan fingerprint density at radius 2 is 1.56 bits per heavy atom. The van der Waals surface area contributed by atoms with Crippen molar-refractivity contribution in [2.45, 2.75) is 89.8 Å². The van der Waals surface area contributed by atoms with Crippen LogP contribution in [0.4, 0.5) is 10.6 Å². The summed E-state index contributed by atoms with van der Waals surface area (Å²) < 4.78 is 10.8. The summed E-state index contributed by atoms with van der Waals surface area (Å²) in [5.41, 5.74) is 7.71. The smallest absolute Gasteiger partial charge is 0.412 e. The SMILES string of the molecule is CNC(=O)C[C@@H]1NC(=O)c2csc(n2)-c2ccc(-c3nc(NC(=O)OCCCC(=O)N4CCC[C@H]4C(N)=O)cs3)nc2-c2cnc(s2)-c2csc(n2)[C@H]([C@@H](O)c2ccccc2)NC(=O)CNC(=O)c2nc(sc2COC)[C@H](C(C)C)NC(=O)c2nc1sc2C. The third kappa shape index (κ3) is 14.9. The van der Waals surface area contributed by atoms with Crippen molar-refractivity contribution in [3.63, 3.8) is 0 Å². The van der Waals surface area contributed by atoms with Gasteiger partial charge in [0, 0.05) is 59.9 Å². The quantitative estimate of drug-likeness (QED) is 0.0502. The fraction of sp³-hybridized carbons (Fsp3) is 0.351. The summed E-state index contributed by atoms with van der Waals surface area (Å²) in [7, 11) is 2.93. The summed E-state index contributed by atoms with van der Waals surface area (Å²) in [6, 6.07) is 8.74. The number of methoxy groups -OCH3 is 1. The number of aliphatic hydroxyl groups is 1. The van der Waals surface area contributed by atoms with Crippen molar-refractivity contribution in [1.82, 2.24) is 66.4 Å². The minimum absolute atomic E-state index is 0.00639. The number of aryl methyl sites for hydroxylation is 1. The number of likely N-dealkylation sites (tertiary alicyclic amines) is 1. The number of nitrogens with two attached hydrogens (primary N) is 1. The van der Waals surface area contributed by atoms with E-state index in [1.807, 2.05) is 13.8 Å². The third-order valence-electron chi connectivity index (χ3n) is 14.1. The lowest BCUT2D eigenvalue weighted by atomic mass is 10.0. The van der Waals surface area contributed by atoms with Crippen molar-refractivity contribution in [2.24, 2.45) is 11.7 Å². The molecule has 8 amide bonds. The van der Waals surface area contributed by atoms with Gasteiger partial charge in [-0.2, -0.15) is 0 Å². The number of aromatic nitrogens is 7. The highest BCUT2D eigenvalue weighted by molar-refractivity contribution is 7.19. The number of fused-ring (bicyclic) bond motifs is 14. The van der Waals surface area contributed by atoms with Crippen LogP contribution in [0.1, 0.15) is 132 Å². The number of ether oxygens (including phenoxy) is 2. The van der Waals surface area contributed by atoms with Gasteiger partial charge in [0.05, 0.1) is 59.4 Å². The molecular weight excluding hydrogens is 1260 g/mol. The van der Waals surface area contributed by atoms with Gasteiger partial charge < -0.3 is 51.8 Å². The highest BCUT2D eigenvalue weighted by Crippen LogP contribution is 2.42. The van der Waals surface area contributed by atoms with Gasteiger partial charge in [-0.3, -0.25) is 38.9 Å². The zero-order valence-electron chi connectivity index (χ0n) is 48.3. The maximum atomic E-state index is 14.3. The number of carbonyl (C=O) groups is 8. The molecule has 10 bridgehead atoms. The van der Waals surface area contributed by atoms with Gasteiger partial charge in [0.25, 0.3) is 17.7 Å². The van der Waals surface area contributed by atoms with Gasteiger partial charge >= 0.3 is 6.09 Å². The molecule has 1 aromatic carbocycles. The Labute approximate surface area is 532 Å². The van der Waals surface area contributed by atoms with E-state index < -0.39 is 78.4 Å². The lowest BCUT2D eigenvalue weighted by Crippen LogP contribution is -2.43. The first-order chi connectivity index (χ1) is 42.8. The van der Waals surface area contributed by atoms with Crippen LogP contribution in [0.15, 0.2) is 64.8 Å². The van der Waals surface area contributed by atoms with Gasteiger partial charge in [0.2, 0.25) is 23.6 Å². The number of rotatable bonds is 14. The summed E-state index contributed by atoms with van der Waals surface area (Å²) in [6.07, 6.45) is 0.767. The molecule has 1 saturated heterocycles. The van der Waals surface area contributed by atoms with E-state index in [4.69, 9.17) is 40.1 Å². The minimum Gasteiger partial charge on any atom is -0.449 e. The number of hydrogen-bond acceptors (Lipinski definition) is 24. The first-order valence-electron chi connectivity index (χ1n) is 27.8.